The van der Waals surface area contributed by atoms with Crippen molar-refractivity contribution in [1.82, 2.24) is 15.1 Å². The van der Waals surface area contributed by atoms with E-state index in [1.165, 1.54) is 31.0 Å². The number of phenols is 1. The van der Waals surface area contributed by atoms with Crippen LogP contribution in [0.3, 0.4) is 0 Å². The lowest BCUT2D eigenvalue weighted by Crippen LogP contribution is -2.60. The van der Waals surface area contributed by atoms with Crippen LogP contribution in [0.4, 0.5) is 20.2 Å². The summed E-state index contributed by atoms with van der Waals surface area (Å²) < 4.78 is 36.2. The number of likely N-dealkylation sites (tertiary alicyclic amines) is 1. The molecule has 2 N–H and O–H groups in total. The molecule has 3 amide bonds. The van der Waals surface area contributed by atoms with Gasteiger partial charge >= 0.3 is 0 Å². The van der Waals surface area contributed by atoms with Gasteiger partial charge in [-0.15, -0.1) is 0 Å². The normalized spacial score (nSPS) is 24.4. The molecule has 1 spiro atoms. The number of imide groups is 1. The first-order chi connectivity index (χ1) is 28.6. The second-order valence-corrected chi connectivity index (χ2v) is 17.7. The molecular formula is C47H49F2N5O5. The fourth-order valence-electron chi connectivity index (χ4n) is 10.8. The van der Waals surface area contributed by atoms with Gasteiger partial charge in [0.05, 0.1) is 6.61 Å². The van der Waals surface area contributed by atoms with Crippen molar-refractivity contribution in [2.75, 3.05) is 62.2 Å². The van der Waals surface area contributed by atoms with Crippen LogP contribution in [-0.4, -0.2) is 91.1 Å². The molecule has 0 aliphatic carbocycles. The van der Waals surface area contributed by atoms with Gasteiger partial charge in [0.1, 0.15) is 29.2 Å². The van der Waals surface area contributed by atoms with E-state index in [4.69, 9.17) is 4.74 Å². The highest BCUT2D eigenvalue weighted by atomic mass is 19.1. The van der Waals surface area contributed by atoms with E-state index in [9.17, 15) is 19.5 Å². The number of aromatic hydroxyl groups is 1. The largest absolute Gasteiger partial charge is 0.508 e. The summed E-state index contributed by atoms with van der Waals surface area (Å²) >= 11 is 0. The van der Waals surface area contributed by atoms with Crippen molar-refractivity contribution in [2.45, 2.75) is 62.9 Å². The zero-order chi connectivity index (χ0) is 40.4. The Morgan fingerprint density at radius 3 is 2.27 bits per heavy atom. The molecule has 306 valence electrons. The van der Waals surface area contributed by atoms with Gasteiger partial charge in [0, 0.05) is 97.1 Å². The standard InChI is InChI=1S/C47H49F2N5O5/c48-38-2-1-3-39(49)44(38)37-26-59-41-23-34(55)10-11-35(41)43(37)30-4-7-32(8-5-30)52-18-14-29(15-19-52)24-51-20-16-47(17-21-51)27-53(28-47)33-9-6-31-25-54(46(58)36(31)22-33)40-12-13-42(56)50-45(40)57/h1-11,22-23,29,37,40,43,55H,12-21,24-28H2,(H,50,56,57)/t37-,40-,43+/m0/s1. The second kappa shape index (κ2) is 15.0. The highest BCUT2D eigenvalue weighted by Crippen LogP contribution is 2.49. The van der Waals surface area contributed by atoms with Crippen molar-refractivity contribution in [2.24, 2.45) is 11.3 Å². The zero-order valence-electron chi connectivity index (χ0n) is 33.0. The number of amides is 3. The first kappa shape index (κ1) is 37.8. The minimum Gasteiger partial charge on any atom is -0.508 e. The number of fused-ring (bicyclic) bond motifs is 2. The number of nitrogens with zero attached hydrogens (tertiary/aromatic N) is 4. The third-order valence-corrected chi connectivity index (χ3v) is 14.1. The maximum Gasteiger partial charge on any atom is 0.255 e. The highest BCUT2D eigenvalue weighted by Gasteiger charge is 2.46. The summed E-state index contributed by atoms with van der Waals surface area (Å²) in [5.74, 6) is -1.61. The molecule has 59 heavy (non-hydrogen) atoms. The number of ether oxygens (including phenoxy) is 1. The molecule has 4 fully saturated rings. The molecule has 4 saturated heterocycles. The van der Waals surface area contributed by atoms with Crippen LogP contribution in [0.25, 0.3) is 0 Å². The third kappa shape index (κ3) is 6.98. The van der Waals surface area contributed by atoms with Gasteiger partial charge < -0.3 is 29.4 Å². The van der Waals surface area contributed by atoms with Gasteiger partial charge in [0.25, 0.3) is 5.91 Å². The lowest BCUT2D eigenvalue weighted by Gasteiger charge is -2.55. The molecule has 3 atom stereocenters. The molecule has 0 radical (unpaired) electrons. The summed E-state index contributed by atoms with van der Waals surface area (Å²) in [5, 5.41) is 12.5. The molecule has 0 unspecified atom stereocenters. The number of hydrogen-bond donors (Lipinski definition) is 2. The monoisotopic (exact) mass is 801 g/mol. The van der Waals surface area contributed by atoms with Crippen LogP contribution < -0.4 is 19.9 Å². The van der Waals surface area contributed by atoms with Crippen LogP contribution in [-0.2, 0) is 16.1 Å². The average Bonchev–Trinajstić information content (AvgIpc) is 3.55. The summed E-state index contributed by atoms with van der Waals surface area (Å²) in [5.41, 5.74) is 5.90. The molecular weight excluding hydrogens is 753 g/mol. The summed E-state index contributed by atoms with van der Waals surface area (Å²) in [4.78, 5) is 46.6. The smallest absolute Gasteiger partial charge is 0.255 e. The van der Waals surface area contributed by atoms with E-state index in [1.54, 1.807) is 23.1 Å². The maximum absolute atomic E-state index is 15.1. The van der Waals surface area contributed by atoms with Crippen LogP contribution in [0, 0.1) is 23.0 Å². The molecule has 0 aromatic heterocycles. The summed E-state index contributed by atoms with van der Waals surface area (Å²) in [6.45, 7) is 7.77. The van der Waals surface area contributed by atoms with Crippen molar-refractivity contribution < 1.29 is 33.0 Å². The molecule has 4 aromatic carbocycles. The predicted molar refractivity (Wildman–Crippen MR) is 219 cm³/mol. The van der Waals surface area contributed by atoms with Crippen LogP contribution >= 0.6 is 0 Å². The third-order valence-electron chi connectivity index (χ3n) is 14.1. The molecule has 0 saturated carbocycles. The van der Waals surface area contributed by atoms with Gasteiger partial charge in [-0.25, -0.2) is 8.78 Å². The van der Waals surface area contributed by atoms with Crippen molar-refractivity contribution in [3.63, 3.8) is 0 Å². The van der Waals surface area contributed by atoms with E-state index in [1.807, 2.05) is 12.1 Å². The lowest BCUT2D eigenvalue weighted by molar-refractivity contribution is -0.136. The number of phenolic OH excluding ortho intramolecular Hbond substituents is 1. The van der Waals surface area contributed by atoms with Crippen LogP contribution in [0.1, 0.15) is 83.0 Å². The molecule has 6 heterocycles. The Bertz CT molecular complexity index is 2280. The van der Waals surface area contributed by atoms with Crippen molar-refractivity contribution in [1.29, 1.82) is 0 Å². The van der Waals surface area contributed by atoms with E-state index in [2.05, 4.69) is 50.3 Å². The Hall–Kier alpha value is -5.49. The van der Waals surface area contributed by atoms with E-state index in [0.29, 0.717) is 35.6 Å². The Morgan fingerprint density at radius 2 is 1.54 bits per heavy atom. The Balaban J connectivity index is 0.717. The van der Waals surface area contributed by atoms with Gasteiger partial charge in [-0.2, -0.15) is 0 Å². The van der Waals surface area contributed by atoms with Gasteiger partial charge in [-0.1, -0.05) is 30.3 Å². The van der Waals surface area contributed by atoms with Crippen LogP contribution in [0.5, 0.6) is 11.5 Å². The molecule has 4 aromatic rings. The SMILES string of the molecule is O=C1CC[C@H](N2Cc3ccc(N4CC5(CCN(CC6CCN(c7ccc([C@@H]8c9ccc(O)cc9OC[C@@H]8c8c(F)cccc8F)cc7)CC6)CC5)C4)cc3C2=O)C(=O)N1. The Morgan fingerprint density at radius 1 is 0.814 bits per heavy atom. The number of hydrogen-bond acceptors (Lipinski definition) is 8. The number of carbonyl (C=O) groups excluding carboxylic acids is 3. The summed E-state index contributed by atoms with van der Waals surface area (Å²) in [6, 6.07) is 22.9. The predicted octanol–water partition coefficient (Wildman–Crippen LogP) is 6.56. The number of piperidine rings is 3. The number of halogens is 2. The molecule has 0 bridgehead atoms. The molecule has 10 rings (SSSR count). The first-order valence-corrected chi connectivity index (χ1v) is 21.1. The van der Waals surface area contributed by atoms with Gasteiger partial charge in [-0.05, 0) is 105 Å². The number of carbonyl (C=O) groups is 3. The average molecular weight is 802 g/mol. The highest BCUT2D eigenvalue weighted by molar-refractivity contribution is 6.05. The Kier molecular flexibility index (Phi) is 9.57. The number of anilines is 2. The molecule has 6 aliphatic rings. The first-order valence-electron chi connectivity index (χ1n) is 21.1. The quantitative estimate of drug-likeness (QED) is 0.203. The molecule has 10 nitrogen and oxygen atoms in total. The summed E-state index contributed by atoms with van der Waals surface area (Å²) in [7, 11) is 0. The van der Waals surface area contributed by atoms with Gasteiger partial charge in [0.2, 0.25) is 11.8 Å². The number of nitrogens with one attached hydrogen (secondary N) is 1. The molecule has 6 aliphatic heterocycles. The maximum atomic E-state index is 15.1. The van der Waals surface area contributed by atoms with E-state index >= 15 is 8.78 Å². The van der Waals surface area contributed by atoms with E-state index < -0.39 is 23.6 Å². The van der Waals surface area contributed by atoms with E-state index in [-0.39, 0.29) is 48.0 Å². The van der Waals surface area contributed by atoms with Crippen molar-refractivity contribution in [3.05, 3.63) is 118 Å². The Labute approximate surface area is 342 Å². The van der Waals surface area contributed by atoms with Gasteiger partial charge in [-0.3, -0.25) is 19.7 Å². The fraction of sp³-hybridized carbons (Fsp3) is 0.426. The zero-order valence-corrected chi connectivity index (χ0v) is 33.0. The topological polar surface area (TPSA) is 106 Å². The summed E-state index contributed by atoms with van der Waals surface area (Å²) in [6.07, 6.45) is 5.21. The second-order valence-electron chi connectivity index (χ2n) is 17.7. The van der Waals surface area contributed by atoms with Gasteiger partial charge in [0.15, 0.2) is 0 Å². The lowest BCUT2D eigenvalue weighted by atomic mass is 9.71. The molecule has 12 heteroatoms. The van der Waals surface area contributed by atoms with Crippen LogP contribution in [0.15, 0.2) is 78.9 Å². The van der Waals surface area contributed by atoms with Crippen LogP contribution in [0.2, 0.25) is 0 Å². The minimum absolute atomic E-state index is 0.0254. The van der Waals surface area contributed by atoms with Crippen molar-refractivity contribution in [3.8, 4) is 11.5 Å². The minimum atomic E-state index is -0.599. The van der Waals surface area contributed by atoms with E-state index in [0.717, 1.165) is 86.7 Å². The fourth-order valence-corrected chi connectivity index (χ4v) is 10.8. The number of rotatable bonds is 7. The number of benzene rings is 4. The van der Waals surface area contributed by atoms with Crippen molar-refractivity contribution >= 4 is 29.1 Å².